The van der Waals surface area contributed by atoms with Crippen LogP contribution >= 0.6 is 11.3 Å². The Hall–Kier alpha value is -1.94. The summed E-state index contributed by atoms with van der Waals surface area (Å²) in [6.07, 6.45) is 1.68. The average Bonchev–Trinajstić information content (AvgIpc) is 2.81. The molecule has 0 aliphatic heterocycles. The molecular weight excluding hydrogens is 234 g/mol. The number of hydrogen-bond donors (Lipinski definition) is 0. The monoisotopic (exact) mass is 243 g/mol. The van der Waals surface area contributed by atoms with Crippen LogP contribution in [-0.4, -0.2) is 4.98 Å². The van der Waals surface area contributed by atoms with Gasteiger partial charge in [0.05, 0.1) is 5.56 Å². The molecule has 0 saturated carbocycles. The molecule has 3 rings (SSSR count). The van der Waals surface area contributed by atoms with Crippen LogP contribution in [0.25, 0.3) is 21.5 Å². The van der Waals surface area contributed by atoms with E-state index in [1.54, 1.807) is 6.20 Å². The van der Waals surface area contributed by atoms with Gasteiger partial charge in [-0.2, -0.15) is 0 Å². The highest BCUT2D eigenvalue weighted by molar-refractivity contribution is 7.13. The molecular formula is C13H9NO2S. The molecule has 2 heterocycles. The zero-order valence-electron chi connectivity index (χ0n) is 9.14. The first-order chi connectivity index (χ1) is 8.24. The standard InChI is InChI=1S/C13H9NO2S/c1-8-2-3-9-7-10(12-14-4-5-17-12)13(15)16-11(9)6-8/h2-7H,1H3. The van der Waals surface area contributed by atoms with Crippen LogP contribution in [0.15, 0.2) is 45.1 Å². The number of nitrogens with zero attached hydrogens (tertiary/aromatic N) is 1. The smallest absolute Gasteiger partial charge is 0.346 e. The highest BCUT2D eigenvalue weighted by Crippen LogP contribution is 2.23. The van der Waals surface area contributed by atoms with Crippen molar-refractivity contribution < 1.29 is 4.42 Å². The molecule has 1 aromatic carbocycles. The topological polar surface area (TPSA) is 43.1 Å². The van der Waals surface area contributed by atoms with E-state index in [1.807, 2.05) is 36.6 Å². The van der Waals surface area contributed by atoms with E-state index in [0.29, 0.717) is 16.2 Å². The second kappa shape index (κ2) is 3.82. The molecule has 17 heavy (non-hydrogen) atoms. The van der Waals surface area contributed by atoms with Crippen LogP contribution in [0.4, 0.5) is 0 Å². The summed E-state index contributed by atoms with van der Waals surface area (Å²) < 4.78 is 5.31. The van der Waals surface area contributed by atoms with Crippen molar-refractivity contribution in [1.82, 2.24) is 4.98 Å². The van der Waals surface area contributed by atoms with Gasteiger partial charge in [-0.3, -0.25) is 0 Å². The normalized spacial score (nSPS) is 10.9. The van der Waals surface area contributed by atoms with Gasteiger partial charge in [-0.15, -0.1) is 11.3 Å². The SMILES string of the molecule is Cc1ccc2cc(-c3nccs3)c(=O)oc2c1. The van der Waals surface area contributed by atoms with Crippen LogP contribution < -0.4 is 5.63 Å². The first kappa shape index (κ1) is 10.2. The van der Waals surface area contributed by atoms with Crippen LogP contribution in [0.2, 0.25) is 0 Å². The molecule has 3 nitrogen and oxygen atoms in total. The maximum atomic E-state index is 11.8. The molecule has 0 unspecified atom stereocenters. The summed E-state index contributed by atoms with van der Waals surface area (Å²) in [5.74, 6) is 0. The van der Waals surface area contributed by atoms with Crippen molar-refractivity contribution in [2.45, 2.75) is 6.92 Å². The van der Waals surface area contributed by atoms with Gasteiger partial charge in [0.2, 0.25) is 0 Å². The minimum atomic E-state index is -0.335. The molecule has 0 fully saturated rings. The number of fused-ring (bicyclic) bond motifs is 1. The molecule has 0 atom stereocenters. The summed E-state index contributed by atoms with van der Waals surface area (Å²) in [6.45, 7) is 1.97. The van der Waals surface area contributed by atoms with Gasteiger partial charge in [-0.05, 0) is 24.6 Å². The lowest BCUT2D eigenvalue weighted by Gasteiger charge is -2.00. The fourth-order valence-electron chi connectivity index (χ4n) is 1.72. The Bertz CT molecular complexity index is 729. The van der Waals surface area contributed by atoms with Gasteiger partial charge >= 0.3 is 5.63 Å². The highest BCUT2D eigenvalue weighted by atomic mass is 32.1. The number of benzene rings is 1. The Morgan fingerprint density at radius 3 is 2.94 bits per heavy atom. The third kappa shape index (κ3) is 1.76. The molecule has 0 radical (unpaired) electrons. The van der Waals surface area contributed by atoms with Crippen molar-refractivity contribution in [1.29, 1.82) is 0 Å². The van der Waals surface area contributed by atoms with Crippen molar-refractivity contribution in [3.63, 3.8) is 0 Å². The lowest BCUT2D eigenvalue weighted by molar-refractivity contribution is 0.563. The van der Waals surface area contributed by atoms with Gasteiger partial charge in [-0.1, -0.05) is 12.1 Å². The quantitative estimate of drug-likeness (QED) is 0.616. The molecule has 0 aliphatic rings. The summed E-state index contributed by atoms with van der Waals surface area (Å²) in [5, 5.41) is 3.45. The summed E-state index contributed by atoms with van der Waals surface area (Å²) in [7, 11) is 0. The third-order valence-electron chi connectivity index (χ3n) is 2.55. The van der Waals surface area contributed by atoms with Gasteiger partial charge < -0.3 is 4.42 Å². The maximum Gasteiger partial charge on any atom is 0.346 e. The Balaban J connectivity index is 2.32. The molecule has 0 saturated heterocycles. The predicted octanol–water partition coefficient (Wildman–Crippen LogP) is 3.22. The van der Waals surface area contributed by atoms with Crippen LogP contribution in [-0.2, 0) is 0 Å². The molecule has 0 spiro atoms. The molecule has 0 N–H and O–H groups in total. The van der Waals surface area contributed by atoms with E-state index < -0.39 is 0 Å². The van der Waals surface area contributed by atoms with Gasteiger partial charge in [0, 0.05) is 17.0 Å². The predicted molar refractivity (Wildman–Crippen MR) is 68.3 cm³/mol. The number of hydrogen-bond acceptors (Lipinski definition) is 4. The van der Waals surface area contributed by atoms with Crippen molar-refractivity contribution in [3.8, 4) is 10.6 Å². The van der Waals surface area contributed by atoms with Crippen LogP contribution in [0.1, 0.15) is 5.56 Å². The van der Waals surface area contributed by atoms with Gasteiger partial charge in [0.15, 0.2) is 0 Å². The minimum absolute atomic E-state index is 0.335. The largest absolute Gasteiger partial charge is 0.422 e. The fourth-order valence-corrected chi connectivity index (χ4v) is 2.37. The maximum absolute atomic E-state index is 11.8. The van der Waals surface area contributed by atoms with E-state index in [0.717, 1.165) is 10.9 Å². The average molecular weight is 243 g/mol. The lowest BCUT2D eigenvalue weighted by atomic mass is 10.1. The van der Waals surface area contributed by atoms with Crippen molar-refractivity contribution in [3.05, 3.63) is 51.8 Å². The van der Waals surface area contributed by atoms with Crippen molar-refractivity contribution in [2.24, 2.45) is 0 Å². The molecule has 0 bridgehead atoms. The Morgan fingerprint density at radius 1 is 1.29 bits per heavy atom. The number of thiazole rings is 1. The second-order valence-electron chi connectivity index (χ2n) is 3.83. The fraction of sp³-hybridized carbons (Fsp3) is 0.0769. The second-order valence-corrected chi connectivity index (χ2v) is 4.72. The first-order valence-corrected chi connectivity index (χ1v) is 6.06. The van der Waals surface area contributed by atoms with Crippen molar-refractivity contribution >= 4 is 22.3 Å². The summed E-state index contributed by atoms with van der Waals surface area (Å²) in [5.41, 5.74) is 1.88. The van der Waals surface area contributed by atoms with Crippen LogP contribution in [0, 0.1) is 6.92 Å². The van der Waals surface area contributed by atoms with Crippen LogP contribution in [0.5, 0.6) is 0 Å². The first-order valence-electron chi connectivity index (χ1n) is 5.18. The van der Waals surface area contributed by atoms with E-state index in [-0.39, 0.29) is 5.63 Å². The summed E-state index contributed by atoms with van der Waals surface area (Å²) >= 11 is 1.43. The molecule has 3 aromatic rings. The third-order valence-corrected chi connectivity index (χ3v) is 3.36. The molecule has 4 heteroatoms. The zero-order valence-corrected chi connectivity index (χ0v) is 9.95. The Morgan fingerprint density at radius 2 is 2.18 bits per heavy atom. The van der Waals surface area contributed by atoms with E-state index in [2.05, 4.69) is 4.98 Å². The molecule has 0 amide bonds. The molecule has 0 aliphatic carbocycles. The molecule has 2 aromatic heterocycles. The Labute approximate surface area is 101 Å². The minimum Gasteiger partial charge on any atom is -0.422 e. The number of rotatable bonds is 1. The zero-order chi connectivity index (χ0) is 11.8. The number of aryl methyl sites for hydroxylation is 1. The lowest BCUT2D eigenvalue weighted by Crippen LogP contribution is -2.02. The number of aromatic nitrogens is 1. The van der Waals surface area contributed by atoms with E-state index in [4.69, 9.17) is 4.42 Å². The summed E-state index contributed by atoms with van der Waals surface area (Å²) in [4.78, 5) is 16.0. The van der Waals surface area contributed by atoms with Crippen molar-refractivity contribution in [2.75, 3.05) is 0 Å². The van der Waals surface area contributed by atoms with E-state index in [1.165, 1.54) is 11.3 Å². The highest BCUT2D eigenvalue weighted by Gasteiger charge is 2.09. The van der Waals surface area contributed by atoms with E-state index in [9.17, 15) is 4.79 Å². The van der Waals surface area contributed by atoms with E-state index >= 15 is 0 Å². The summed E-state index contributed by atoms with van der Waals surface area (Å²) in [6, 6.07) is 7.64. The van der Waals surface area contributed by atoms with Crippen LogP contribution in [0.3, 0.4) is 0 Å². The molecule has 84 valence electrons. The van der Waals surface area contributed by atoms with Gasteiger partial charge in [0.1, 0.15) is 10.6 Å². The Kier molecular flexibility index (Phi) is 2.30. The van der Waals surface area contributed by atoms with Gasteiger partial charge in [0.25, 0.3) is 0 Å². The van der Waals surface area contributed by atoms with Gasteiger partial charge in [-0.25, -0.2) is 9.78 Å².